The highest BCUT2D eigenvalue weighted by molar-refractivity contribution is 8.17. The average molecular weight is 668 g/mol. The Balaban J connectivity index is 1.38. The van der Waals surface area contributed by atoms with Crippen LogP contribution in [0.1, 0.15) is 73.6 Å². The molecular weight excluding hydrogens is 627 g/mol. The van der Waals surface area contributed by atoms with E-state index < -0.39 is 9.84 Å². The van der Waals surface area contributed by atoms with Crippen LogP contribution < -0.4 is 10.6 Å². The fraction of sp³-hybridized carbons (Fsp3) is 0.424. The van der Waals surface area contributed by atoms with E-state index in [4.69, 9.17) is 0 Å². The SMILES string of the molecule is CCC(C)=C(NC(=O)Cc1cccc(S(C)(=O)=O)c1)SC(=NC)C1CCCC(c2nnc(NC(=O)Cc3cccc(C)c3)s2)C1. The first kappa shape index (κ1) is 34.5. The second-order valence-corrected chi connectivity index (χ2v) is 15.5. The second kappa shape index (κ2) is 15.8. The van der Waals surface area contributed by atoms with Crippen LogP contribution in [0.15, 0.2) is 69.0 Å². The number of hydrogen-bond donors (Lipinski definition) is 2. The number of sulfone groups is 1. The Morgan fingerprint density at radius 3 is 2.44 bits per heavy atom. The standard InChI is InChI=1S/C33H41N5O4S3/c1-6-22(3)30(35-28(39)19-24-12-8-15-27(17-24)45(5,41)42)43-31(34-4)25-13-9-14-26(20-25)32-37-38-33(44-32)36-29(40)18-23-11-7-10-21(2)16-23/h7-8,10-12,15-17,25-26H,6,9,13-14,18-20H2,1-5H3,(H,35,39)(H,36,38,40). The Labute approximate surface area is 274 Å². The molecule has 0 saturated heterocycles. The molecule has 12 heteroatoms. The third-order valence-electron chi connectivity index (χ3n) is 7.80. The molecule has 45 heavy (non-hydrogen) atoms. The van der Waals surface area contributed by atoms with Gasteiger partial charge in [-0.15, -0.1) is 10.2 Å². The highest BCUT2D eigenvalue weighted by Gasteiger charge is 2.30. The van der Waals surface area contributed by atoms with E-state index >= 15 is 0 Å². The summed E-state index contributed by atoms with van der Waals surface area (Å²) in [6, 6.07) is 14.4. The zero-order valence-corrected chi connectivity index (χ0v) is 28.9. The van der Waals surface area contributed by atoms with Gasteiger partial charge in [0.15, 0.2) is 9.84 Å². The predicted octanol–water partition coefficient (Wildman–Crippen LogP) is 6.47. The van der Waals surface area contributed by atoms with E-state index in [1.54, 1.807) is 25.2 Å². The normalized spacial score (nSPS) is 17.8. The summed E-state index contributed by atoms with van der Waals surface area (Å²) >= 11 is 2.93. The lowest BCUT2D eigenvalue weighted by atomic mass is 9.82. The number of nitrogens with one attached hydrogen (secondary N) is 2. The number of nitrogens with zero attached hydrogens (tertiary/aromatic N) is 3. The number of aliphatic imine (C=N–C) groups is 1. The molecule has 1 fully saturated rings. The van der Waals surface area contributed by atoms with Gasteiger partial charge in [0.25, 0.3) is 0 Å². The van der Waals surface area contributed by atoms with Crippen LogP contribution in [0.3, 0.4) is 0 Å². The maximum atomic E-state index is 13.1. The van der Waals surface area contributed by atoms with Crippen molar-refractivity contribution in [2.24, 2.45) is 10.9 Å². The minimum Gasteiger partial charge on any atom is -0.320 e. The molecule has 1 heterocycles. The van der Waals surface area contributed by atoms with Crippen LogP contribution in [0.5, 0.6) is 0 Å². The lowest BCUT2D eigenvalue weighted by molar-refractivity contribution is -0.119. The summed E-state index contributed by atoms with van der Waals surface area (Å²) in [4.78, 5) is 30.6. The number of carbonyl (C=O) groups is 2. The molecule has 2 unspecified atom stereocenters. The van der Waals surface area contributed by atoms with Gasteiger partial charge >= 0.3 is 0 Å². The van der Waals surface area contributed by atoms with E-state index in [2.05, 4.69) is 25.8 Å². The molecule has 9 nitrogen and oxygen atoms in total. The van der Waals surface area contributed by atoms with Crippen LogP contribution in [-0.4, -0.2) is 48.8 Å². The van der Waals surface area contributed by atoms with Gasteiger partial charge in [0, 0.05) is 25.1 Å². The first-order chi connectivity index (χ1) is 21.4. The highest BCUT2D eigenvalue weighted by Crippen LogP contribution is 2.41. The van der Waals surface area contributed by atoms with Crippen molar-refractivity contribution >= 4 is 54.9 Å². The molecule has 2 aromatic carbocycles. The van der Waals surface area contributed by atoms with Gasteiger partial charge in [0.1, 0.15) is 5.01 Å². The van der Waals surface area contributed by atoms with Gasteiger partial charge in [-0.05, 0) is 68.4 Å². The van der Waals surface area contributed by atoms with E-state index in [9.17, 15) is 18.0 Å². The van der Waals surface area contributed by atoms with Crippen molar-refractivity contribution < 1.29 is 18.0 Å². The smallest absolute Gasteiger partial charge is 0.230 e. The molecule has 2 amide bonds. The van der Waals surface area contributed by atoms with Crippen LogP contribution >= 0.6 is 23.1 Å². The molecule has 1 saturated carbocycles. The van der Waals surface area contributed by atoms with E-state index in [-0.39, 0.29) is 41.4 Å². The average Bonchev–Trinajstić information content (AvgIpc) is 3.47. The summed E-state index contributed by atoms with van der Waals surface area (Å²) in [6.45, 7) is 6.05. The lowest BCUT2D eigenvalue weighted by Gasteiger charge is -2.29. The molecule has 0 aliphatic heterocycles. The molecular formula is C33H41N5O4S3. The van der Waals surface area contributed by atoms with Crippen molar-refractivity contribution in [2.45, 2.75) is 76.5 Å². The summed E-state index contributed by atoms with van der Waals surface area (Å²) in [5, 5.41) is 17.8. The number of aromatic nitrogens is 2. The fourth-order valence-electron chi connectivity index (χ4n) is 5.30. The second-order valence-electron chi connectivity index (χ2n) is 11.5. The predicted molar refractivity (Wildman–Crippen MR) is 183 cm³/mol. The van der Waals surface area contributed by atoms with Crippen molar-refractivity contribution in [3.8, 4) is 0 Å². The minimum atomic E-state index is -3.36. The number of hydrogen-bond acceptors (Lipinski definition) is 9. The van der Waals surface area contributed by atoms with Crippen LogP contribution in [-0.2, 0) is 32.3 Å². The van der Waals surface area contributed by atoms with Crippen molar-refractivity contribution in [2.75, 3.05) is 18.6 Å². The van der Waals surface area contributed by atoms with Crippen molar-refractivity contribution in [3.05, 3.63) is 80.8 Å². The van der Waals surface area contributed by atoms with Gasteiger partial charge < -0.3 is 10.6 Å². The van der Waals surface area contributed by atoms with E-state index in [0.29, 0.717) is 10.7 Å². The van der Waals surface area contributed by atoms with Crippen LogP contribution in [0.4, 0.5) is 5.13 Å². The Morgan fingerprint density at radius 2 is 1.76 bits per heavy atom. The summed E-state index contributed by atoms with van der Waals surface area (Å²) < 4.78 is 23.9. The van der Waals surface area contributed by atoms with Crippen molar-refractivity contribution in [3.63, 3.8) is 0 Å². The van der Waals surface area contributed by atoms with Gasteiger partial charge in [0.2, 0.25) is 16.9 Å². The molecule has 1 aliphatic carbocycles. The number of thioether (sulfide) groups is 1. The molecule has 0 bridgehead atoms. The quantitative estimate of drug-likeness (QED) is 0.177. The van der Waals surface area contributed by atoms with E-state index in [0.717, 1.165) is 70.1 Å². The molecule has 0 radical (unpaired) electrons. The van der Waals surface area contributed by atoms with Crippen LogP contribution in [0.2, 0.25) is 0 Å². The van der Waals surface area contributed by atoms with Crippen molar-refractivity contribution in [1.82, 2.24) is 15.5 Å². The third kappa shape index (κ3) is 10.1. The Kier molecular flexibility index (Phi) is 12.1. The molecule has 4 rings (SSSR count). The number of carbonyl (C=O) groups excluding carboxylic acids is 2. The molecule has 240 valence electrons. The fourth-order valence-corrected chi connectivity index (χ4v) is 8.06. The van der Waals surface area contributed by atoms with Crippen LogP contribution in [0.25, 0.3) is 0 Å². The minimum absolute atomic E-state index is 0.0649. The molecule has 2 atom stereocenters. The zero-order chi connectivity index (χ0) is 32.6. The Bertz CT molecular complexity index is 1700. The number of anilines is 1. The summed E-state index contributed by atoms with van der Waals surface area (Å²) in [5.74, 6) is 0.0820. The number of allylic oxidation sites excluding steroid dienone is 1. The largest absolute Gasteiger partial charge is 0.320 e. The van der Waals surface area contributed by atoms with E-state index in [1.807, 2.05) is 45.0 Å². The third-order valence-corrected chi connectivity index (χ3v) is 11.3. The monoisotopic (exact) mass is 667 g/mol. The summed E-state index contributed by atoms with van der Waals surface area (Å²) in [7, 11) is -1.57. The van der Waals surface area contributed by atoms with Gasteiger partial charge in [-0.25, -0.2) is 8.42 Å². The maximum Gasteiger partial charge on any atom is 0.230 e. The van der Waals surface area contributed by atoms with Crippen LogP contribution in [0, 0.1) is 12.8 Å². The van der Waals surface area contributed by atoms with Gasteiger partial charge in [-0.1, -0.05) is 78.4 Å². The molecule has 0 spiro atoms. The van der Waals surface area contributed by atoms with Gasteiger partial charge in [-0.3, -0.25) is 14.6 Å². The van der Waals surface area contributed by atoms with Gasteiger partial charge in [-0.2, -0.15) is 0 Å². The number of aryl methyl sites for hydroxylation is 1. The number of rotatable bonds is 11. The molecule has 1 aromatic heterocycles. The lowest BCUT2D eigenvalue weighted by Crippen LogP contribution is -2.27. The Hall–Kier alpha value is -3.35. The first-order valence-electron chi connectivity index (χ1n) is 15.1. The molecule has 3 aromatic rings. The highest BCUT2D eigenvalue weighted by atomic mass is 32.2. The summed E-state index contributed by atoms with van der Waals surface area (Å²) in [6.07, 6.45) is 6.12. The molecule has 2 N–H and O–H groups in total. The van der Waals surface area contributed by atoms with Gasteiger partial charge in [0.05, 0.1) is 27.8 Å². The Morgan fingerprint density at radius 1 is 1.04 bits per heavy atom. The van der Waals surface area contributed by atoms with Crippen molar-refractivity contribution in [1.29, 1.82) is 0 Å². The first-order valence-corrected chi connectivity index (χ1v) is 18.6. The number of benzene rings is 2. The maximum absolute atomic E-state index is 13.1. The number of amides is 2. The topological polar surface area (TPSA) is 130 Å². The van der Waals surface area contributed by atoms with E-state index in [1.165, 1.54) is 29.2 Å². The zero-order valence-electron chi connectivity index (χ0n) is 26.4. The summed E-state index contributed by atoms with van der Waals surface area (Å²) in [5.41, 5.74) is 3.75. The molecule has 1 aliphatic rings.